The summed E-state index contributed by atoms with van der Waals surface area (Å²) in [6.45, 7) is 6.10. The standard InChI is InChI=1S/C13H19ClO4S/c1-13(2,3)10-6-9(8-19(14,15)16)12(18-5)11(7-10)17-4/h6-7H,8H2,1-5H3. The van der Waals surface area contributed by atoms with Crippen molar-refractivity contribution in [2.45, 2.75) is 31.9 Å². The smallest absolute Gasteiger partial charge is 0.236 e. The van der Waals surface area contributed by atoms with E-state index in [1.54, 1.807) is 6.07 Å². The molecule has 0 aliphatic heterocycles. The van der Waals surface area contributed by atoms with Crippen LogP contribution in [-0.4, -0.2) is 22.6 Å². The molecule has 0 atom stereocenters. The Morgan fingerprint density at radius 3 is 2.11 bits per heavy atom. The molecule has 108 valence electrons. The Bertz CT molecular complexity index is 559. The second-order valence-electron chi connectivity index (χ2n) is 5.30. The van der Waals surface area contributed by atoms with Crippen LogP contribution in [0.5, 0.6) is 11.5 Å². The van der Waals surface area contributed by atoms with Crippen LogP contribution < -0.4 is 9.47 Å². The molecule has 0 unspecified atom stereocenters. The lowest BCUT2D eigenvalue weighted by Crippen LogP contribution is -2.13. The largest absolute Gasteiger partial charge is 0.493 e. The summed E-state index contributed by atoms with van der Waals surface area (Å²) in [7, 11) is 4.66. The second kappa shape index (κ2) is 5.59. The molecule has 0 saturated heterocycles. The first-order valence-electron chi connectivity index (χ1n) is 5.76. The normalized spacial score (nSPS) is 12.3. The van der Waals surface area contributed by atoms with Gasteiger partial charge in [-0.25, -0.2) is 8.42 Å². The predicted molar refractivity (Wildman–Crippen MR) is 76.7 cm³/mol. The van der Waals surface area contributed by atoms with Gasteiger partial charge in [0.25, 0.3) is 0 Å². The summed E-state index contributed by atoms with van der Waals surface area (Å²) in [4.78, 5) is 0. The summed E-state index contributed by atoms with van der Waals surface area (Å²) in [6.07, 6.45) is 0. The minimum Gasteiger partial charge on any atom is -0.493 e. The Morgan fingerprint density at radius 2 is 1.74 bits per heavy atom. The molecule has 0 aromatic heterocycles. The van der Waals surface area contributed by atoms with Crippen LogP contribution >= 0.6 is 10.7 Å². The summed E-state index contributed by atoms with van der Waals surface area (Å²) in [5.74, 6) is 0.614. The number of benzene rings is 1. The number of halogens is 1. The SMILES string of the molecule is COc1cc(C(C)(C)C)cc(CS(=O)(=O)Cl)c1OC. The van der Waals surface area contributed by atoms with Crippen molar-refractivity contribution in [2.24, 2.45) is 0 Å². The van der Waals surface area contributed by atoms with Crippen molar-refractivity contribution in [1.29, 1.82) is 0 Å². The second-order valence-corrected chi connectivity index (χ2v) is 8.08. The highest BCUT2D eigenvalue weighted by Gasteiger charge is 2.22. The highest BCUT2D eigenvalue weighted by molar-refractivity contribution is 8.13. The third-order valence-electron chi connectivity index (χ3n) is 2.75. The highest BCUT2D eigenvalue weighted by Crippen LogP contribution is 2.37. The Hall–Kier alpha value is -0.940. The van der Waals surface area contributed by atoms with E-state index in [1.807, 2.05) is 26.8 Å². The first kappa shape index (κ1) is 16.1. The Kier molecular flexibility index (Phi) is 4.74. The van der Waals surface area contributed by atoms with Gasteiger partial charge in [0, 0.05) is 16.2 Å². The van der Waals surface area contributed by atoms with Crippen LogP contribution in [-0.2, 0) is 20.2 Å². The maximum atomic E-state index is 11.3. The number of methoxy groups -OCH3 is 2. The van der Waals surface area contributed by atoms with Gasteiger partial charge in [0.1, 0.15) is 0 Å². The van der Waals surface area contributed by atoms with Crippen LogP contribution in [0.4, 0.5) is 0 Å². The molecule has 0 saturated carbocycles. The molecular weight excluding hydrogens is 288 g/mol. The Morgan fingerprint density at radius 1 is 1.16 bits per heavy atom. The molecule has 0 bridgehead atoms. The van der Waals surface area contributed by atoms with Gasteiger partial charge in [-0.15, -0.1) is 0 Å². The summed E-state index contributed by atoms with van der Waals surface area (Å²) < 4.78 is 33.1. The van der Waals surface area contributed by atoms with E-state index in [1.165, 1.54) is 14.2 Å². The van der Waals surface area contributed by atoms with E-state index in [-0.39, 0.29) is 11.2 Å². The topological polar surface area (TPSA) is 52.6 Å². The average molecular weight is 307 g/mol. The Labute approximate surface area is 119 Å². The van der Waals surface area contributed by atoms with Crippen LogP contribution in [0.3, 0.4) is 0 Å². The quantitative estimate of drug-likeness (QED) is 0.802. The molecule has 19 heavy (non-hydrogen) atoms. The predicted octanol–water partition coefficient (Wildman–Crippen LogP) is 3.07. The fourth-order valence-electron chi connectivity index (χ4n) is 1.77. The first-order valence-corrected chi connectivity index (χ1v) is 8.24. The van der Waals surface area contributed by atoms with E-state index < -0.39 is 9.05 Å². The number of hydrogen-bond acceptors (Lipinski definition) is 4. The molecule has 4 nitrogen and oxygen atoms in total. The molecule has 6 heteroatoms. The van der Waals surface area contributed by atoms with Gasteiger partial charge in [-0.05, 0) is 17.0 Å². The van der Waals surface area contributed by atoms with E-state index in [0.29, 0.717) is 17.1 Å². The molecular formula is C13H19ClO4S. The molecule has 1 rings (SSSR count). The van der Waals surface area contributed by atoms with E-state index in [9.17, 15) is 8.42 Å². The average Bonchev–Trinajstić information content (AvgIpc) is 2.24. The molecule has 0 amide bonds. The van der Waals surface area contributed by atoms with Crippen LogP contribution in [0, 0.1) is 0 Å². The molecule has 1 aromatic rings. The van der Waals surface area contributed by atoms with Gasteiger partial charge in [0.2, 0.25) is 9.05 Å². The monoisotopic (exact) mass is 306 g/mol. The van der Waals surface area contributed by atoms with Crippen molar-refractivity contribution in [3.63, 3.8) is 0 Å². The zero-order chi connectivity index (χ0) is 14.8. The maximum Gasteiger partial charge on any atom is 0.236 e. The molecule has 0 aliphatic rings. The minimum atomic E-state index is -3.66. The van der Waals surface area contributed by atoms with Gasteiger partial charge >= 0.3 is 0 Å². The molecule has 1 aromatic carbocycles. The maximum absolute atomic E-state index is 11.3. The fourth-order valence-corrected chi connectivity index (χ4v) is 2.71. The first-order chi connectivity index (χ1) is 8.58. The van der Waals surface area contributed by atoms with Gasteiger partial charge in [0.05, 0.1) is 20.0 Å². The fraction of sp³-hybridized carbons (Fsp3) is 0.538. The highest BCUT2D eigenvalue weighted by atomic mass is 35.7. The lowest BCUT2D eigenvalue weighted by atomic mass is 9.86. The summed E-state index contributed by atoms with van der Waals surface area (Å²) in [6, 6.07) is 3.64. The number of ether oxygens (including phenoxy) is 2. The minimum absolute atomic E-state index is 0.135. The van der Waals surface area contributed by atoms with Crippen LogP contribution in [0.15, 0.2) is 12.1 Å². The molecule has 0 heterocycles. The van der Waals surface area contributed by atoms with Crippen molar-refractivity contribution < 1.29 is 17.9 Å². The van der Waals surface area contributed by atoms with Crippen molar-refractivity contribution in [1.82, 2.24) is 0 Å². The summed E-state index contributed by atoms with van der Waals surface area (Å²) in [5, 5.41) is 0. The summed E-state index contributed by atoms with van der Waals surface area (Å²) >= 11 is 0. The molecule has 0 radical (unpaired) electrons. The van der Waals surface area contributed by atoms with E-state index in [2.05, 4.69) is 0 Å². The third kappa shape index (κ3) is 4.28. The number of hydrogen-bond donors (Lipinski definition) is 0. The van der Waals surface area contributed by atoms with Crippen molar-refractivity contribution in [3.8, 4) is 11.5 Å². The lowest BCUT2D eigenvalue weighted by Gasteiger charge is -2.22. The van der Waals surface area contributed by atoms with Gasteiger partial charge in [-0.2, -0.15) is 0 Å². The molecule has 0 aliphatic carbocycles. The zero-order valence-electron chi connectivity index (χ0n) is 11.8. The van der Waals surface area contributed by atoms with E-state index in [4.69, 9.17) is 20.2 Å². The summed E-state index contributed by atoms with van der Waals surface area (Å²) in [5.41, 5.74) is 1.33. The van der Waals surface area contributed by atoms with Crippen LogP contribution in [0.2, 0.25) is 0 Å². The molecule has 0 N–H and O–H groups in total. The van der Waals surface area contributed by atoms with Crippen LogP contribution in [0.25, 0.3) is 0 Å². The van der Waals surface area contributed by atoms with Crippen molar-refractivity contribution in [3.05, 3.63) is 23.3 Å². The van der Waals surface area contributed by atoms with E-state index >= 15 is 0 Å². The van der Waals surface area contributed by atoms with Gasteiger partial charge in [0.15, 0.2) is 11.5 Å². The van der Waals surface area contributed by atoms with Gasteiger partial charge in [-0.1, -0.05) is 26.8 Å². The van der Waals surface area contributed by atoms with Crippen molar-refractivity contribution in [2.75, 3.05) is 14.2 Å². The van der Waals surface area contributed by atoms with E-state index in [0.717, 1.165) is 5.56 Å². The number of rotatable bonds is 4. The third-order valence-corrected chi connectivity index (χ3v) is 3.73. The van der Waals surface area contributed by atoms with Gasteiger partial charge < -0.3 is 9.47 Å². The molecule has 0 fully saturated rings. The molecule has 0 spiro atoms. The lowest BCUT2D eigenvalue weighted by molar-refractivity contribution is 0.351. The van der Waals surface area contributed by atoms with Crippen LogP contribution in [0.1, 0.15) is 31.9 Å². The Balaban J connectivity index is 3.49. The van der Waals surface area contributed by atoms with Gasteiger partial charge in [-0.3, -0.25) is 0 Å². The zero-order valence-corrected chi connectivity index (χ0v) is 13.4. The van der Waals surface area contributed by atoms with Crippen molar-refractivity contribution >= 4 is 19.7 Å².